The number of benzene rings is 3. The first-order chi connectivity index (χ1) is 19.7. The normalized spacial score (nSPS) is 11.8. The molecule has 3 rings (SSSR count). The maximum Gasteiger partial charge on any atom is 0.264 e. The largest absolute Gasteiger partial charge is 0.497 e. The topological polar surface area (TPSA) is 105 Å². The molecule has 220 valence electrons. The van der Waals surface area contributed by atoms with Gasteiger partial charge in [0, 0.05) is 19.2 Å². The summed E-state index contributed by atoms with van der Waals surface area (Å²) >= 11 is 0. The zero-order chi connectivity index (χ0) is 30.0. The molecule has 0 saturated carbocycles. The number of anilines is 1. The molecule has 2 amide bonds. The number of carbonyl (C=O) groups is 2. The number of nitrogens with zero attached hydrogens (tertiary/aromatic N) is 2. The molecule has 0 saturated heterocycles. The van der Waals surface area contributed by atoms with Gasteiger partial charge >= 0.3 is 0 Å². The van der Waals surface area contributed by atoms with Crippen LogP contribution in [0.5, 0.6) is 11.5 Å². The number of nitrogens with one attached hydrogen (secondary N) is 1. The number of amides is 2. The van der Waals surface area contributed by atoms with Gasteiger partial charge in [-0.1, -0.05) is 55.0 Å². The van der Waals surface area contributed by atoms with Crippen molar-refractivity contribution in [3.05, 3.63) is 83.9 Å². The average molecular weight is 582 g/mol. The van der Waals surface area contributed by atoms with Crippen LogP contribution in [-0.4, -0.2) is 65.0 Å². The third-order valence-electron chi connectivity index (χ3n) is 6.76. The van der Waals surface area contributed by atoms with Crippen molar-refractivity contribution in [3.8, 4) is 11.5 Å². The minimum Gasteiger partial charge on any atom is -0.497 e. The highest BCUT2D eigenvalue weighted by Gasteiger charge is 2.34. The van der Waals surface area contributed by atoms with Crippen LogP contribution in [0.25, 0.3) is 0 Å². The van der Waals surface area contributed by atoms with Crippen LogP contribution in [-0.2, 0) is 26.0 Å². The second kappa shape index (κ2) is 14.5. The van der Waals surface area contributed by atoms with E-state index < -0.39 is 28.5 Å². The number of ether oxygens (including phenoxy) is 2. The van der Waals surface area contributed by atoms with E-state index in [4.69, 9.17) is 9.47 Å². The van der Waals surface area contributed by atoms with Crippen LogP contribution in [0.3, 0.4) is 0 Å². The van der Waals surface area contributed by atoms with Gasteiger partial charge in [0.2, 0.25) is 11.8 Å². The van der Waals surface area contributed by atoms with Crippen LogP contribution in [0.2, 0.25) is 0 Å². The lowest BCUT2D eigenvalue weighted by molar-refractivity contribution is -0.139. The monoisotopic (exact) mass is 581 g/mol. The van der Waals surface area contributed by atoms with Gasteiger partial charge in [-0.25, -0.2) is 8.42 Å². The Hall–Kier alpha value is -4.05. The highest BCUT2D eigenvalue weighted by atomic mass is 32.2. The molecule has 41 heavy (non-hydrogen) atoms. The molecular formula is C31H39N3O6S. The summed E-state index contributed by atoms with van der Waals surface area (Å²) < 4.78 is 40.1. The zero-order valence-corrected chi connectivity index (χ0v) is 25.1. The summed E-state index contributed by atoms with van der Waals surface area (Å²) in [7, 11) is -1.34. The highest BCUT2D eigenvalue weighted by Crippen LogP contribution is 2.36. The number of likely N-dealkylation sites (N-methyl/N-ethyl adjacent to an activating group) is 1. The van der Waals surface area contributed by atoms with E-state index in [-0.39, 0.29) is 28.8 Å². The molecule has 0 aliphatic rings. The molecule has 0 aliphatic heterocycles. The number of hydrogen-bond donors (Lipinski definition) is 1. The van der Waals surface area contributed by atoms with Gasteiger partial charge in [-0.15, -0.1) is 0 Å². The van der Waals surface area contributed by atoms with E-state index in [1.165, 1.54) is 37.3 Å². The Kier molecular flexibility index (Phi) is 11.2. The minimum atomic E-state index is -4.24. The summed E-state index contributed by atoms with van der Waals surface area (Å²) in [6, 6.07) is 20.0. The fraction of sp³-hybridized carbons (Fsp3) is 0.355. The predicted octanol–water partition coefficient (Wildman–Crippen LogP) is 4.19. The Morgan fingerprint density at radius 2 is 1.61 bits per heavy atom. The van der Waals surface area contributed by atoms with Crippen molar-refractivity contribution in [3.63, 3.8) is 0 Å². The summed E-state index contributed by atoms with van der Waals surface area (Å²) in [5, 5.41) is 2.81. The molecule has 0 unspecified atom stereocenters. The summed E-state index contributed by atoms with van der Waals surface area (Å²) in [6.45, 7) is 5.58. The van der Waals surface area contributed by atoms with Crippen LogP contribution in [0.1, 0.15) is 31.4 Å². The van der Waals surface area contributed by atoms with Gasteiger partial charge in [0.1, 0.15) is 24.1 Å². The Labute approximate surface area is 243 Å². The SMILES string of the molecule is CCNC(=O)[C@@H](CC)N(CCc1ccccc1)C(=O)CN(c1cc(OC)ccc1OC)S(=O)(=O)c1ccc(C)cc1. The quantitative estimate of drug-likeness (QED) is 0.306. The second-order valence-corrected chi connectivity index (χ2v) is 11.4. The lowest BCUT2D eigenvalue weighted by atomic mass is 10.1. The van der Waals surface area contributed by atoms with Crippen molar-refractivity contribution >= 4 is 27.5 Å². The summed E-state index contributed by atoms with van der Waals surface area (Å²) in [6.07, 6.45) is 0.856. The zero-order valence-electron chi connectivity index (χ0n) is 24.3. The van der Waals surface area contributed by atoms with Gasteiger partial charge in [-0.2, -0.15) is 0 Å². The molecule has 3 aromatic carbocycles. The van der Waals surface area contributed by atoms with Crippen molar-refractivity contribution < 1.29 is 27.5 Å². The van der Waals surface area contributed by atoms with Crippen molar-refractivity contribution in [2.24, 2.45) is 0 Å². The second-order valence-electron chi connectivity index (χ2n) is 9.50. The first-order valence-electron chi connectivity index (χ1n) is 13.6. The number of sulfonamides is 1. The predicted molar refractivity (Wildman–Crippen MR) is 160 cm³/mol. The van der Waals surface area contributed by atoms with Crippen LogP contribution < -0.4 is 19.1 Å². The van der Waals surface area contributed by atoms with E-state index in [9.17, 15) is 18.0 Å². The number of hydrogen-bond acceptors (Lipinski definition) is 6. The first kappa shape index (κ1) is 31.5. The third kappa shape index (κ3) is 7.79. The lowest BCUT2D eigenvalue weighted by Gasteiger charge is -2.33. The lowest BCUT2D eigenvalue weighted by Crippen LogP contribution is -2.53. The molecule has 3 aromatic rings. The third-order valence-corrected chi connectivity index (χ3v) is 8.54. The number of rotatable bonds is 14. The number of carbonyl (C=O) groups excluding carboxylic acids is 2. The molecule has 9 nitrogen and oxygen atoms in total. The molecule has 1 atom stereocenters. The van der Waals surface area contributed by atoms with E-state index in [1.807, 2.05) is 51.1 Å². The smallest absolute Gasteiger partial charge is 0.264 e. The van der Waals surface area contributed by atoms with Gasteiger partial charge in [0.25, 0.3) is 10.0 Å². The fourth-order valence-corrected chi connectivity index (χ4v) is 5.95. The van der Waals surface area contributed by atoms with E-state index in [0.29, 0.717) is 25.1 Å². The van der Waals surface area contributed by atoms with Gasteiger partial charge in [-0.3, -0.25) is 13.9 Å². The molecule has 10 heteroatoms. The van der Waals surface area contributed by atoms with Crippen molar-refractivity contribution in [2.45, 2.75) is 44.6 Å². The maximum absolute atomic E-state index is 14.1. The van der Waals surface area contributed by atoms with Gasteiger partial charge < -0.3 is 19.7 Å². The van der Waals surface area contributed by atoms with E-state index in [2.05, 4.69) is 5.32 Å². The maximum atomic E-state index is 14.1. The van der Waals surface area contributed by atoms with Crippen LogP contribution in [0, 0.1) is 6.92 Å². The van der Waals surface area contributed by atoms with E-state index in [0.717, 1.165) is 15.4 Å². The summed E-state index contributed by atoms with van der Waals surface area (Å²) in [5.74, 6) is -0.157. The van der Waals surface area contributed by atoms with Crippen LogP contribution in [0.15, 0.2) is 77.7 Å². The van der Waals surface area contributed by atoms with Crippen molar-refractivity contribution in [1.82, 2.24) is 10.2 Å². The number of aryl methyl sites for hydroxylation is 1. The molecule has 0 aromatic heterocycles. The first-order valence-corrected chi connectivity index (χ1v) is 15.0. The molecule has 0 spiro atoms. The van der Waals surface area contributed by atoms with Crippen molar-refractivity contribution in [2.75, 3.05) is 38.2 Å². The average Bonchev–Trinajstić information content (AvgIpc) is 2.98. The van der Waals surface area contributed by atoms with Gasteiger partial charge in [0.05, 0.1) is 24.8 Å². The molecule has 0 bridgehead atoms. The van der Waals surface area contributed by atoms with Crippen LogP contribution >= 0.6 is 0 Å². The van der Waals surface area contributed by atoms with Gasteiger partial charge in [-0.05, 0) is 56.5 Å². The van der Waals surface area contributed by atoms with E-state index in [1.54, 1.807) is 24.3 Å². The minimum absolute atomic E-state index is 0.0207. The Balaban J connectivity index is 2.10. The van der Waals surface area contributed by atoms with E-state index >= 15 is 0 Å². The van der Waals surface area contributed by atoms with Crippen LogP contribution in [0.4, 0.5) is 5.69 Å². The Morgan fingerprint density at radius 3 is 2.20 bits per heavy atom. The molecule has 0 aliphatic carbocycles. The fourth-order valence-electron chi connectivity index (χ4n) is 4.53. The number of methoxy groups -OCH3 is 2. The highest BCUT2D eigenvalue weighted by molar-refractivity contribution is 7.92. The molecule has 1 N–H and O–H groups in total. The molecular weight excluding hydrogens is 542 g/mol. The molecule has 0 fully saturated rings. The summed E-state index contributed by atoms with van der Waals surface area (Å²) in [5.41, 5.74) is 2.04. The molecule has 0 heterocycles. The molecule has 0 radical (unpaired) electrons. The summed E-state index contributed by atoms with van der Waals surface area (Å²) in [4.78, 5) is 28.7. The Morgan fingerprint density at radius 1 is 0.927 bits per heavy atom. The Bertz CT molecular complexity index is 1410. The van der Waals surface area contributed by atoms with Gasteiger partial charge in [0.15, 0.2) is 0 Å². The standard InChI is InChI=1S/C31H39N3O6S/c1-6-27(31(36)32-7-2)33(20-19-24-11-9-8-10-12-24)30(35)22-34(28-21-25(39-4)15-18-29(28)40-5)41(37,38)26-16-13-23(3)14-17-26/h8-18,21,27H,6-7,19-20,22H2,1-5H3,(H,32,36)/t27-/m1/s1. The van der Waals surface area contributed by atoms with Crippen molar-refractivity contribution in [1.29, 1.82) is 0 Å².